The molecule has 3 aromatic carbocycles. The maximum atomic E-state index is 12.4. The van der Waals surface area contributed by atoms with Crippen LogP contribution in [0.5, 0.6) is 5.75 Å². The van der Waals surface area contributed by atoms with E-state index in [4.69, 9.17) is 16.3 Å². The zero-order valence-electron chi connectivity index (χ0n) is 18.4. The van der Waals surface area contributed by atoms with Crippen LogP contribution in [-0.2, 0) is 17.8 Å². The molecule has 1 fully saturated rings. The van der Waals surface area contributed by atoms with Gasteiger partial charge in [0, 0.05) is 10.6 Å². The number of thioether (sulfide) groups is 1. The van der Waals surface area contributed by atoms with Crippen LogP contribution in [0.4, 0.5) is 5.69 Å². The summed E-state index contributed by atoms with van der Waals surface area (Å²) in [6, 6.07) is 23.4. The van der Waals surface area contributed by atoms with Crippen LogP contribution >= 0.6 is 23.4 Å². The number of amides is 1. The molecule has 1 aliphatic heterocycles. The summed E-state index contributed by atoms with van der Waals surface area (Å²) in [5.41, 5.74) is 3.99. The Kier molecular flexibility index (Phi) is 7.87. The summed E-state index contributed by atoms with van der Waals surface area (Å²) < 4.78 is 5.82. The fourth-order valence-corrected chi connectivity index (χ4v) is 4.34. The van der Waals surface area contributed by atoms with E-state index < -0.39 is 0 Å². The van der Waals surface area contributed by atoms with Crippen molar-refractivity contribution in [2.75, 3.05) is 0 Å². The highest BCUT2D eigenvalue weighted by Gasteiger charge is 2.23. The standard InChI is InChI=1S/C27H25ClN2O2S/c1-2-3-6-19-9-13-22(14-10-19)29-27-30-26(31)25(33-27)17-20-11-15-23(16-12-20)32-18-21-7-4-5-8-24(21)28/h4-5,7-17H,2-3,6,18H2,1H3,(H,29,30,31)/b25-17-. The summed E-state index contributed by atoms with van der Waals surface area (Å²) in [5.74, 6) is 0.600. The lowest BCUT2D eigenvalue weighted by atomic mass is 10.1. The number of halogens is 1. The molecule has 1 saturated heterocycles. The Labute approximate surface area is 203 Å². The minimum absolute atomic E-state index is 0.141. The van der Waals surface area contributed by atoms with Gasteiger partial charge in [-0.05, 0) is 72.1 Å². The molecule has 0 bridgehead atoms. The number of rotatable bonds is 8. The van der Waals surface area contributed by atoms with Gasteiger partial charge in [-0.25, -0.2) is 4.99 Å². The van der Waals surface area contributed by atoms with Crippen molar-refractivity contribution in [2.24, 2.45) is 4.99 Å². The summed E-state index contributed by atoms with van der Waals surface area (Å²) in [7, 11) is 0. The number of aryl methyl sites for hydroxylation is 1. The smallest absolute Gasteiger partial charge is 0.264 e. The van der Waals surface area contributed by atoms with Gasteiger partial charge in [0.15, 0.2) is 5.17 Å². The van der Waals surface area contributed by atoms with Gasteiger partial charge in [-0.2, -0.15) is 0 Å². The molecule has 1 aliphatic rings. The second-order valence-corrected chi connectivity index (χ2v) is 9.14. The zero-order chi connectivity index (χ0) is 23.0. The van der Waals surface area contributed by atoms with Gasteiger partial charge >= 0.3 is 0 Å². The molecular formula is C27H25ClN2O2S. The van der Waals surface area contributed by atoms with Crippen LogP contribution in [0, 0.1) is 0 Å². The molecular weight excluding hydrogens is 452 g/mol. The lowest BCUT2D eigenvalue weighted by Gasteiger charge is -2.08. The lowest BCUT2D eigenvalue weighted by Crippen LogP contribution is -2.19. The van der Waals surface area contributed by atoms with E-state index in [1.165, 1.54) is 30.2 Å². The number of nitrogens with one attached hydrogen (secondary N) is 1. The number of ether oxygens (including phenoxy) is 1. The number of unbranched alkanes of at least 4 members (excludes halogenated alkanes) is 1. The van der Waals surface area contributed by atoms with Crippen molar-refractivity contribution in [2.45, 2.75) is 32.8 Å². The third kappa shape index (κ3) is 6.50. The van der Waals surface area contributed by atoms with Crippen molar-refractivity contribution in [1.29, 1.82) is 0 Å². The average Bonchev–Trinajstić information content (AvgIpc) is 3.17. The number of benzene rings is 3. The number of amidine groups is 1. The largest absolute Gasteiger partial charge is 0.489 e. The first-order chi connectivity index (χ1) is 16.1. The number of carbonyl (C=O) groups excluding carboxylic acids is 1. The first-order valence-electron chi connectivity index (χ1n) is 11.0. The SMILES string of the molecule is CCCCc1ccc(N=C2NC(=O)/C(=C/c3ccc(OCc4ccccc4Cl)cc3)S2)cc1. The molecule has 3 aromatic rings. The molecule has 0 radical (unpaired) electrons. The minimum Gasteiger partial charge on any atom is -0.489 e. The fourth-order valence-electron chi connectivity index (χ4n) is 3.30. The van der Waals surface area contributed by atoms with E-state index >= 15 is 0 Å². The highest BCUT2D eigenvalue weighted by Crippen LogP contribution is 2.29. The number of carbonyl (C=O) groups is 1. The molecule has 168 valence electrons. The molecule has 4 rings (SSSR count). The maximum absolute atomic E-state index is 12.4. The van der Waals surface area contributed by atoms with E-state index in [-0.39, 0.29) is 5.91 Å². The van der Waals surface area contributed by atoms with Gasteiger partial charge in [0.05, 0.1) is 10.6 Å². The molecule has 0 saturated carbocycles. The maximum Gasteiger partial charge on any atom is 0.264 e. The first-order valence-corrected chi connectivity index (χ1v) is 12.1. The molecule has 0 unspecified atom stereocenters. The Hall–Kier alpha value is -3.02. The van der Waals surface area contributed by atoms with Crippen molar-refractivity contribution in [3.8, 4) is 5.75 Å². The highest BCUT2D eigenvalue weighted by molar-refractivity contribution is 8.18. The van der Waals surface area contributed by atoms with E-state index in [0.717, 1.165) is 29.0 Å². The van der Waals surface area contributed by atoms with Gasteiger partial charge in [-0.3, -0.25) is 4.79 Å². The van der Waals surface area contributed by atoms with Gasteiger partial charge in [0.2, 0.25) is 0 Å². The summed E-state index contributed by atoms with van der Waals surface area (Å²) in [6.07, 6.45) is 5.30. The summed E-state index contributed by atoms with van der Waals surface area (Å²) in [4.78, 5) is 17.6. The van der Waals surface area contributed by atoms with Crippen LogP contribution in [0.15, 0.2) is 82.7 Å². The zero-order valence-corrected chi connectivity index (χ0v) is 20.0. The van der Waals surface area contributed by atoms with Gasteiger partial charge < -0.3 is 10.1 Å². The first kappa shape index (κ1) is 23.1. The van der Waals surface area contributed by atoms with Gasteiger partial charge in [-0.15, -0.1) is 0 Å². The molecule has 6 heteroatoms. The van der Waals surface area contributed by atoms with Crippen LogP contribution < -0.4 is 10.1 Å². The van der Waals surface area contributed by atoms with Crippen molar-refractivity contribution >= 4 is 46.2 Å². The highest BCUT2D eigenvalue weighted by atomic mass is 35.5. The second-order valence-electron chi connectivity index (χ2n) is 7.70. The average molecular weight is 477 g/mol. The number of aliphatic imine (C=N–C) groups is 1. The van der Waals surface area contributed by atoms with Crippen molar-refractivity contribution in [3.63, 3.8) is 0 Å². The van der Waals surface area contributed by atoms with E-state index in [1.54, 1.807) is 0 Å². The van der Waals surface area contributed by atoms with Crippen molar-refractivity contribution in [1.82, 2.24) is 5.32 Å². The monoisotopic (exact) mass is 476 g/mol. The summed E-state index contributed by atoms with van der Waals surface area (Å²) in [5, 5.41) is 4.12. The normalized spacial score (nSPS) is 15.8. The summed E-state index contributed by atoms with van der Waals surface area (Å²) in [6.45, 7) is 2.59. The lowest BCUT2D eigenvalue weighted by molar-refractivity contribution is -0.115. The van der Waals surface area contributed by atoms with Crippen LogP contribution in [0.25, 0.3) is 6.08 Å². The molecule has 0 aliphatic carbocycles. The van der Waals surface area contributed by atoms with Gasteiger partial charge in [-0.1, -0.05) is 67.4 Å². The molecule has 0 aromatic heterocycles. The van der Waals surface area contributed by atoms with Gasteiger partial charge in [0.25, 0.3) is 5.91 Å². The van der Waals surface area contributed by atoms with Crippen molar-refractivity contribution in [3.05, 3.63) is 99.4 Å². The molecule has 4 nitrogen and oxygen atoms in total. The third-order valence-corrected chi connectivity index (χ3v) is 6.45. The van der Waals surface area contributed by atoms with E-state index in [2.05, 4.69) is 29.4 Å². The molecule has 0 atom stereocenters. The fraction of sp³-hybridized carbons (Fsp3) is 0.185. The topological polar surface area (TPSA) is 50.7 Å². The minimum atomic E-state index is -0.141. The van der Waals surface area contributed by atoms with Crippen LogP contribution in [-0.4, -0.2) is 11.1 Å². The molecule has 0 spiro atoms. The number of hydrogen-bond acceptors (Lipinski definition) is 4. The van der Waals surface area contributed by atoms with E-state index in [0.29, 0.717) is 21.7 Å². The van der Waals surface area contributed by atoms with Crippen LogP contribution in [0.1, 0.15) is 36.5 Å². The van der Waals surface area contributed by atoms with Crippen LogP contribution in [0.2, 0.25) is 5.02 Å². The molecule has 1 N–H and O–H groups in total. The van der Waals surface area contributed by atoms with Gasteiger partial charge in [0.1, 0.15) is 12.4 Å². The molecule has 1 heterocycles. The predicted molar refractivity (Wildman–Crippen MR) is 138 cm³/mol. The Balaban J connectivity index is 1.37. The molecule has 33 heavy (non-hydrogen) atoms. The Bertz CT molecular complexity index is 1170. The molecule has 1 amide bonds. The predicted octanol–water partition coefficient (Wildman–Crippen LogP) is 7.15. The van der Waals surface area contributed by atoms with Crippen LogP contribution in [0.3, 0.4) is 0 Å². The number of hydrogen-bond donors (Lipinski definition) is 1. The van der Waals surface area contributed by atoms with E-state index in [9.17, 15) is 4.79 Å². The number of nitrogens with zero attached hydrogens (tertiary/aromatic N) is 1. The van der Waals surface area contributed by atoms with E-state index in [1.807, 2.05) is 66.7 Å². The summed E-state index contributed by atoms with van der Waals surface area (Å²) >= 11 is 7.52. The Morgan fingerprint density at radius 1 is 1.03 bits per heavy atom. The quantitative estimate of drug-likeness (QED) is 0.351. The Morgan fingerprint density at radius 2 is 1.79 bits per heavy atom. The second kappa shape index (κ2) is 11.2. The Morgan fingerprint density at radius 3 is 2.52 bits per heavy atom. The third-order valence-electron chi connectivity index (χ3n) is 5.17. The van der Waals surface area contributed by atoms with Crippen molar-refractivity contribution < 1.29 is 9.53 Å².